The number of aliphatic hydroxyl groups is 1. The zero-order chi connectivity index (χ0) is 16.1. The minimum atomic E-state index is -0.961. The Bertz CT molecular complexity index is 399. The van der Waals surface area contributed by atoms with E-state index in [1.165, 1.54) is 4.90 Å². The lowest BCUT2D eigenvalue weighted by molar-refractivity contribution is -0.0727. The number of rotatable bonds is 6. The Hall–Kier alpha value is -0.860. The molecule has 0 aromatic carbocycles. The van der Waals surface area contributed by atoms with Crippen LogP contribution in [0.4, 0.5) is 4.79 Å². The topological polar surface area (TPSA) is 60.8 Å². The molecule has 1 fully saturated rings. The molecule has 1 aliphatic heterocycles. The van der Waals surface area contributed by atoms with Gasteiger partial charge in [-0.2, -0.15) is 11.8 Å². The first-order valence-electron chi connectivity index (χ1n) is 7.44. The maximum Gasteiger partial charge on any atom is 0.407 e. The van der Waals surface area contributed by atoms with E-state index in [4.69, 9.17) is 6.42 Å². The fourth-order valence-corrected chi connectivity index (χ4v) is 3.98. The molecule has 4 nitrogen and oxygen atoms in total. The number of thioether (sulfide) groups is 1. The van der Waals surface area contributed by atoms with Crippen LogP contribution < -0.4 is 0 Å². The van der Waals surface area contributed by atoms with Crippen molar-refractivity contribution in [1.29, 1.82) is 0 Å². The van der Waals surface area contributed by atoms with E-state index >= 15 is 0 Å². The summed E-state index contributed by atoms with van der Waals surface area (Å²) < 4.78 is 0. The summed E-state index contributed by atoms with van der Waals surface area (Å²) >= 11 is 1.78. The summed E-state index contributed by atoms with van der Waals surface area (Å²) in [7, 11) is 0. The minimum Gasteiger partial charge on any atom is -0.465 e. The number of hydrogen-bond donors (Lipinski definition) is 2. The van der Waals surface area contributed by atoms with E-state index < -0.39 is 11.7 Å². The summed E-state index contributed by atoms with van der Waals surface area (Å²) in [6.07, 6.45) is 7.18. The van der Waals surface area contributed by atoms with Crippen molar-refractivity contribution in [2.75, 3.05) is 24.6 Å². The fourth-order valence-electron chi connectivity index (χ4n) is 2.74. The largest absolute Gasteiger partial charge is 0.465 e. The van der Waals surface area contributed by atoms with Crippen molar-refractivity contribution in [3.8, 4) is 12.3 Å². The zero-order valence-corrected chi connectivity index (χ0v) is 14.1. The van der Waals surface area contributed by atoms with Crippen molar-refractivity contribution < 1.29 is 15.0 Å². The Morgan fingerprint density at radius 2 is 2.14 bits per heavy atom. The van der Waals surface area contributed by atoms with Crippen LogP contribution in [0, 0.1) is 23.7 Å². The molecule has 0 saturated carbocycles. The Morgan fingerprint density at radius 3 is 2.67 bits per heavy atom. The molecule has 2 atom stereocenters. The van der Waals surface area contributed by atoms with Crippen molar-refractivity contribution in [3.63, 3.8) is 0 Å². The van der Waals surface area contributed by atoms with Crippen LogP contribution >= 0.6 is 11.8 Å². The summed E-state index contributed by atoms with van der Waals surface area (Å²) in [5.74, 6) is 4.40. The average molecular weight is 313 g/mol. The van der Waals surface area contributed by atoms with E-state index in [1.807, 2.05) is 20.8 Å². The third-order valence-corrected chi connectivity index (χ3v) is 5.51. The molecule has 0 aromatic heterocycles. The minimum absolute atomic E-state index is 0.0220. The number of amides is 1. The average Bonchev–Trinajstić information content (AvgIpc) is 2.72. The smallest absolute Gasteiger partial charge is 0.407 e. The summed E-state index contributed by atoms with van der Waals surface area (Å²) in [6.45, 7) is 6.55. The summed E-state index contributed by atoms with van der Waals surface area (Å²) in [5.41, 5.74) is -1.30. The van der Waals surface area contributed by atoms with Gasteiger partial charge in [0.15, 0.2) is 0 Å². The maximum absolute atomic E-state index is 11.2. The quantitative estimate of drug-likeness (QED) is 0.585. The highest BCUT2D eigenvalue weighted by molar-refractivity contribution is 7.99. The monoisotopic (exact) mass is 313 g/mol. The second-order valence-electron chi connectivity index (χ2n) is 6.77. The van der Waals surface area contributed by atoms with Gasteiger partial charge in [0.2, 0.25) is 0 Å². The number of hydrogen-bond acceptors (Lipinski definition) is 3. The van der Waals surface area contributed by atoms with E-state index in [1.54, 1.807) is 11.8 Å². The Labute approximate surface area is 132 Å². The second-order valence-corrected chi connectivity index (χ2v) is 7.92. The van der Waals surface area contributed by atoms with Crippen LogP contribution in [0.5, 0.6) is 0 Å². The van der Waals surface area contributed by atoms with Crippen LogP contribution in [0.15, 0.2) is 0 Å². The molecule has 0 spiro atoms. The number of unbranched alkanes of at least 4 members (excludes halogenated alkanes) is 2. The molecule has 2 N–H and O–H groups in total. The van der Waals surface area contributed by atoms with E-state index in [0.717, 1.165) is 30.8 Å². The lowest BCUT2D eigenvalue weighted by Gasteiger charge is -2.41. The zero-order valence-electron chi connectivity index (χ0n) is 13.3. The summed E-state index contributed by atoms with van der Waals surface area (Å²) in [6, 6.07) is 0. The molecule has 1 aliphatic rings. The fraction of sp³-hybridized carbons (Fsp3) is 0.812. The van der Waals surface area contributed by atoms with Gasteiger partial charge in [-0.25, -0.2) is 4.79 Å². The molecule has 0 radical (unpaired) electrons. The van der Waals surface area contributed by atoms with Crippen LogP contribution in [-0.4, -0.2) is 51.4 Å². The van der Waals surface area contributed by atoms with Gasteiger partial charge < -0.3 is 15.1 Å². The van der Waals surface area contributed by atoms with Crippen molar-refractivity contribution >= 4 is 17.9 Å². The van der Waals surface area contributed by atoms with Crippen molar-refractivity contribution in [2.24, 2.45) is 11.3 Å². The number of terminal acetylenes is 1. The highest BCUT2D eigenvalue weighted by Crippen LogP contribution is 2.43. The maximum atomic E-state index is 11.2. The standard InChI is InChI=1S/C16H27NO3S/c1-5-6-7-8-9-21-11-13-10-17(14(18)19)12-16(13,20)15(2,3)4/h1,13,20H,6-12H2,2-4H3,(H,18,19)/t13-,16+/m1/s1. The van der Waals surface area contributed by atoms with Crippen LogP contribution in [0.2, 0.25) is 0 Å². The van der Waals surface area contributed by atoms with Crippen molar-refractivity contribution in [2.45, 2.75) is 45.6 Å². The molecule has 120 valence electrons. The predicted molar refractivity (Wildman–Crippen MR) is 87.5 cm³/mol. The first-order valence-corrected chi connectivity index (χ1v) is 8.59. The van der Waals surface area contributed by atoms with E-state index in [0.29, 0.717) is 6.54 Å². The molecule has 1 saturated heterocycles. The molecule has 1 rings (SSSR count). The highest BCUT2D eigenvalue weighted by atomic mass is 32.2. The van der Waals surface area contributed by atoms with Crippen LogP contribution in [0.25, 0.3) is 0 Å². The number of likely N-dealkylation sites (tertiary alicyclic amines) is 1. The van der Waals surface area contributed by atoms with Gasteiger partial charge in [-0.3, -0.25) is 0 Å². The van der Waals surface area contributed by atoms with Gasteiger partial charge >= 0.3 is 6.09 Å². The van der Waals surface area contributed by atoms with Crippen LogP contribution in [0.3, 0.4) is 0 Å². The van der Waals surface area contributed by atoms with Gasteiger partial charge in [0.1, 0.15) is 0 Å². The summed E-state index contributed by atoms with van der Waals surface area (Å²) in [4.78, 5) is 12.5. The third-order valence-electron chi connectivity index (χ3n) is 4.30. The number of carboxylic acid groups (broad SMARTS) is 1. The third kappa shape index (κ3) is 4.55. The Morgan fingerprint density at radius 1 is 1.48 bits per heavy atom. The Balaban J connectivity index is 2.57. The lowest BCUT2D eigenvalue weighted by atomic mass is 9.71. The number of carbonyl (C=O) groups is 1. The van der Waals surface area contributed by atoms with Gasteiger partial charge in [-0.1, -0.05) is 20.8 Å². The van der Waals surface area contributed by atoms with E-state index in [2.05, 4.69) is 5.92 Å². The number of β-amino-alcohol motifs (C(OH)–C–C–N with tert-alkyl or cyclic N) is 1. The molecule has 5 heteroatoms. The summed E-state index contributed by atoms with van der Waals surface area (Å²) in [5, 5.41) is 20.2. The van der Waals surface area contributed by atoms with Gasteiger partial charge in [0, 0.05) is 24.6 Å². The molecule has 0 bridgehead atoms. The number of nitrogens with zero attached hydrogens (tertiary/aromatic N) is 1. The van der Waals surface area contributed by atoms with E-state index in [-0.39, 0.29) is 17.9 Å². The van der Waals surface area contributed by atoms with E-state index in [9.17, 15) is 15.0 Å². The van der Waals surface area contributed by atoms with Crippen molar-refractivity contribution in [3.05, 3.63) is 0 Å². The molecule has 0 aliphatic carbocycles. The normalized spacial score (nSPS) is 25.9. The molecule has 1 amide bonds. The van der Waals surface area contributed by atoms with Gasteiger partial charge in [-0.15, -0.1) is 12.3 Å². The van der Waals surface area contributed by atoms with Gasteiger partial charge in [0.05, 0.1) is 12.1 Å². The molecule has 0 aromatic rings. The lowest BCUT2D eigenvalue weighted by Crippen LogP contribution is -2.50. The molecule has 1 heterocycles. The first-order chi connectivity index (χ1) is 9.72. The van der Waals surface area contributed by atoms with Crippen LogP contribution in [0.1, 0.15) is 40.0 Å². The van der Waals surface area contributed by atoms with Gasteiger partial charge in [-0.05, 0) is 24.0 Å². The SMILES string of the molecule is C#CCCCCSC[C@H]1CN(C(=O)O)C[C@@]1(O)C(C)(C)C. The predicted octanol–water partition coefficient (Wildman–Crippen LogP) is 2.91. The van der Waals surface area contributed by atoms with Crippen molar-refractivity contribution in [1.82, 2.24) is 4.90 Å². The molecular weight excluding hydrogens is 286 g/mol. The first kappa shape index (κ1) is 18.2. The highest BCUT2D eigenvalue weighted by Gasteiger charge is 2.53. The molecular formula is C16H27NO3S. The Kier molecular flexibility index (Phi) is 6.42. The molecule has 21 heavy (non-hydrogen) atoms. The molecule has 0 unspecified atom stereocenters. The second kappa shape index (κ2) is 7.42. The van der Waals surface area contributed by atoms with Crippen LogP contribution in [-0.2, 0) is 0 Å². The van der Waals surface area contributed by atoms with Gasteiger partial charge in [0.25, 0.3) is 0 Å².